The highest BCUT2D eigenvalue weighted by molar-refractivity contribution is 8.00. The summed E-state index contributed by atoms with van der Waals surface area (Å²) in [5, 5.41) is 17.1. The molecular formula is C14H15FO7S. The summed E-state index contributed by atoms with van der Waals surface area (Å²) < 4.78 is 28.0. The number of ether oxygens (including phenoxy) is 3. The van der Waals surface area contributed by atoms with Gasteiger partial charge in [-0.25, -0.2) is 14.0 Å². The molecule has 4 atom stereocenters. The normalized spacial score (nSPS) is 26.5. The van der Waals surface area contributed by atoms with Crippen molar-refractivity contribution in [1.29, 1.82) is 0 Å². The van der Waals surface area contributed by atoms with Crippen LogP contribution in [0.15, 0.2) is 30.3 Å². The second-order valence-corrected chi connectivity index (χ2v) is 6.05. The maximum absolute atomic E-state index is 13.9. The Morgan fingerprint density at radius 2 is 1.91 bits per heavy atom. The molecule has 0 saturated carbocycles. The van der Waals surface area contributed by atoms with Crippen molar-refractivity contribution in [3.63, 3.8) is 0 Å². The first-order valence-electron chi connectivity index (χ1n) is 6.68. The van der Waals surface area contributed by atoms with E-state index < -0.39 is 41.9 Å². The van der Waals surface area contributed by atoms with E-state index in [1.807, 2.05) is 0 Å². The van der Waals surface area contributed by atoms with Gasteiger partial charge in [-0.2, -0.15) is 0 Å². The molecule has 1 saturated heterocycles. The quantitative estimate of drug-likeness (QED) is 0.782. The van der Waals surface area contributed by atoms with E-state index in [1.165, 1.54) is 0 Å². The van der Waals surface area contributed by atoms with Crippen molar-refractivity contribution in [2.75, 3.05) is 6.61 Å². The number of rotatable bonds is 5. The van der Waals surface area contributed by atoms with Gasteiger partial charge in [0.1, 0.15) is 18.6 Å². The molecule has 2 N–H and O–H groups in total. The molecule has 0 spiro atoms. The second-order valence-electron chi connectivity index (χ2n) is 4.69. The predicted molar refractivity (Wildman–Crippen MR) is 77.8 cm³/mol. The smallest absolute Gasteiger partial charge is 0.450 e. The van der Waals surface area contributed by atoms with Gasteiger partial charge in [-0.05, 0) is 5.56 Å². The van der Waals surface area contributed by atoms with E-state index in [2.05, 4.69) is 4.74 Å². The van der Waals surface area contributed by atoms with E-state index in [9.17, 15) is 19.1 Å². The predicted octanol–water partition coefficient (Wildman–Crippen LogP) is 2.17. The number of aliphatic hydroxyl groups is 1. The van der Waals surface area contributed by atoms with Gasteiger partial charge in [-0.1, -0.05) is 30.3 Å². The Morgan fingerprint density at radius 3 is 2.57 bits per heavy atom. The first kappa shape index (κ1) is 17.4. The molecule has 1 aliphatic rings. The Bertz CT molecular complexity index is 541. The Kier molecular flexibility index (Phi) is 6.05. The molecule has 23 heavy (non-hydrogen) atoms. The molecule has 1 heterocycles. The molecular weight excluding hydrogens is 331 g/mol. The average Bonchev–Trinajstić information content (AvgIpc) is 2.80. The van der Waals surface area contributed by atoms with Crippen molar-refractivity contribution >= 4 is 24.1 Å². The largest absolute Gasteiger partial charge is 0.509 e. The first-order valence-corrected chi connectivity index (χ1v) is 7.62. The molecule has 0 amide bonds. The van der Waals surface area contributed by atoms with Crippen molar-refractivity contribution < 1.29 is 38.4 Å². The van der Waals surface area contributed by atoms with Crippen molar-refractivity contribution in [3.05, 3.63) is 35.9 Å². The van der Waals surface area contributed by atoms with Crippen LogP contribution >= 0.6 is 11.8 Å². The lowest BCUT2D eigenvalue weighted by Crippen LogP contribution is -2.36. The SMILES string of the molecule is O=C(O)OC[C@H]1SC(O)[C@@H](F)[C@@H]1OC(=O)OCc1ccccc1. The highest BCUT2D eigenvalue weighted by Gasteiger charge is 2.47. The van der Waals surface area contributed by atoms with Crippen LogP contribution in [0.4, 0.5) is 14.0 Å². The van der Waals surface area contributed by atoms with E-state index in [-0.39, 0.29) is 6.61 Å². The maximum Gasteiger partial charge on any atom is 0.509 e. The van der Waals surface area contributed by atoms with Crippen LogP contribution in [-0.4, -0.2) is 52.1 Å². The minimum absolute atomic E-state index is 0.0463. The van der Waals surface area contributed by atoms with Gasteiger partial charge >= 0.3 is 12.3 Å². The van der Waals surface area contributed by atoms with Crippen molar-refractivity contribution in [2.45, 2.75) is 29.6 Å². The van der Waals surface area contributed by atoms with Gasteiger partial charge in [-0.15, -0.1) is 11.8 Å². The average molecular weight is 346 g/mol. The molecule has 1 aromatic rings. The Labute approximate surface area is 135 Å². The van der Waals surface area contributed by atoms with Crippen LogP contribution in [0.2, 0.25) is 0 Å². The number of hydrogen-bond donors (Lipinski definition) is 2. The molecule has 1 unspecified atom stereocenters. The van der Waals surface area contributed by atoms with Crippen molar-refractivity contribution in [3.8, 4) is 0 Å². The Balaban J connectivity index is 1.87. The zero-order valence-electron chi connectivity index (χ0n) is 11.8. The molecule has 1 fully saturated rings. The molecule has 1 aromatic carbocycles. The maximum atomic E-state index is 13.9. The molecule has 0 radical (unpaired) electrons. The summed E-state index contributed by atoms with van der Waals surface area (Å²) in [6.45, 7) is -0.455. The van der Waals surface area contributed by atoms with Gasteiger partial charge in [0.25, 0.3) is 0 Å². The minimum Gasteiger partial charge on any atom is -0.450 e. The van der Waals surface area contributed by atoms with E-state index >= 15 is 0 Å². The van der Waals surface area contributed by atoms with Crippen molar-refractivity contribution in [1.82, 2.24) is 0 Å². The number of carbonyl (C=O) groups is 2. The molecule has 0 bridgehead atoms. The zero-order chi connectivity index (χ0) is 16.8. The number of benzene rings is 1. The van der Waals surface area contributed by atoms with E-state index in [1.54, 1.807) is 30.3 Å². The highest BCUT2D eigenvalue weighted by Crippen LogP contribution is 2.37. The summed E-state index contributed by atoms with van der Waals surface area (Å²) >= 11 is 0.740. The minimum atomic E-state index is -1.85. The lowest BCUT2D eigenvalue weighted by atomic mass is 10.2. The lowest BCUT2D eigenvalue weighted by Gasteiger charge is -2.19. The lowest BCUT2D eigenvalue weighted by molar-refractivity contribution is -0.0261. The first-order chi connectivity index (χ1) is 11.0. The van der Waals surface area contributed by atoms with E-state index in [4.69, 9.17) is 14.6 Å². The van der Waals surface area contributed by atoms with Crippen LogP contribution < -0.4 is 0 Å². The van der Waals surface area contributed by atoms with Gasteiger partial charge in [0.15, 0.2) is 12.3 Å². The van der Waals surface area contributed by atoms with Gasteiger partial charge in [0, 0.05) is 0 Å². The molecule has 1 aliphatic heterocycles. The van der Waals surface area contributed by atoms with Crippen LogP contribution in [0.1, 0.15) is 5.56 Å². The highest BCUT2D eigenvalue weighted by atomic mass is 32.2. The van der Waals surface area contributed by atoms with Gasteiger partial charge < -0.3 is 24.4 Å². The summed E-state index contributed by atoms with van der Waals surface area (Å²) in [6, 6.07) is 8.82. The van der Waals surface area contributed by atoms with Crippen LogP contribution in [-0.2, 0) is 20.8 Å². The fraction of sp³-hybridized carbons (Fsp3) is 0.429. The number of alkyl halides is 1. The topological polar surface area (TPSA) is 102 Å². The number of thioether (sulfide) groups is 1. The monoisotopic (exact) mass is 346 g/mol. The second kappa shape index (κ2) is 8.02. The Hall–Kier alpha value is -2.00. The fourth-order valence-corrected chi connectivity index (χ4v) is 3.16. The fourth-order valence-electron chi connectivity index (χ4n) is 1.99. The standard InChI is InChI=1S/C14H15FO7S/c15-10-11(9(23-12(10)16)7-20-13(17)18)22-14(19)21-6-8-4-2-1-3-5-8/h1-5,9-12,16H,6-7H2,(H,17,18)/t9-,10+,11-,12?/m1/s1. The number of carbonyl (C=O) groups excluding carboxylic acids is 1. The molecule has 0 aromatic heterocycles. The summed E-state index contributed by atoms with van der Waals surface area (Å²) in [6.07, 6.45) is -5.84. The molecule has 9 heteroatoms. The van der Waals surface area contributed by atoms with E-state index in [0.29, 0.717) is 0 Å². The third-order valence-electron chi connectivity index (χ3n) is 3.07. The zero-order valence-corrected chi connectivity index (χ0v) is 12.6. The Morgan fingerprint density at radius 1 is 1.22 bits per heavy atom. The van der Waals surface area contributed by atoms with Gasteiger partial charge in [-0.3, -0.25) is 0 Å². The third kappa shape index (κ3) is 5.00. The van der Waals surface area contributed by atoms with Crippen LogP contribution in [0, 0.1) is 0 Å². The summed E-state index contributed by atoms with van der Waals surface area (Å²) in [5.41, 5.74) is -0.697. The molecule has 126 valence electrons. The van der Waals surface area contributed by atoms with Gasteiger partial charge in [0.2, 0.25) is 0 Å². The molecule has 7 nitrogen and oxygen atoms in total. The number of carboxylic acid groups (broad SMARTS) is 1. The van der Waals surface area contributed by atoms with Crippen molar-refractivity contribution in [2.24, 2.45) is 0 Å². The summed E-state index contributed by atoms with van der Waals surface area (Å²) in [4.78, 5) is 22.0. The van der Waals surface area contributed by atoms with Crippen LogP contribution in [0.25, 0.3) is 0 Å². The molecule has 0 aliphatic carbocycles. The van der Waals surface area contributed by atoms with Crippen LogP contribution in [0.5, 0.6) is 0 Å². The summed E-state index contributed by atoms with van der Waals surface area (Å²) in [7, 11) is 0. The number of aliphatic hydroxyl groups excluding tert-OH is 1. The number of halogens is 1. The molecule has 2 rings (SSSR count). The van der Waals surface area contributed by atoms with Crippen LogP contribution in [0.3, 0.4) is 0 Å². The number of hydrogen-bond acceptors (Lipinski definition) is 7. The van der Waals surface area contributed by atoms with Gasteiger partial charge in [0.05, 0.1) is 5.25 Å². The third-order valence-corrected chi connectivity index (χ3v) is 4.36. The summed E-state index contributed by atoms with van der Waals surface area (Å²) in [5.74, 6) is 0. The van der Waals surface area contributed by atoms with E-state index in [0.717, 1.165) is 17.3 Å².